The van der Waals surface area contributed by atoms with Crippen LogP contribution in [-0.2, 0) is 0 Å². The molecule has 0 aliphatic carbocycles. The van der Waals surface area contributed by atoms with Crippen molar-refractivity contribution in [3.8, 4) is 28.6 Å². The number of hydrogen-bond acceptors (Lipinski definition) is 6. The number of ether oxygens (including phenoxy) is 3. The minimum absolute atomic E-state index is 0.372. The van der Waals surface area contributed by atoms with Gasteiger partial charge in [-0.2, -0.15) is 14.9 Å². The summed E-state index contributed by atoms with van der Waals surface area (Å²) in [6.45, 7) is 0. The van der Waals surface area contributed by atoms with Crippen molar-refractivity contribution >= 4 is 34.4 Å². The summed E-state index contributed by atoms with van der Waals surface area (Å²) in [5, 5.41) is 11.6. The Hall–Kier alpha value is -2.65. The van der Waals surface area contributed by atoms with Crippen LogP contribution in [0.3, 0.4) is 0 Å². The Balaban J connectivity index is 2.07. The lowest BCUT2D eigenvalue weighted by Gasteiger charge is -2.11. The van der Waals surface area contributed by atoms with E-state index < -0.39 is 0 Å². The molecular weight excluding hydrogens is 432 g/mol. The molecule has 0 aliphatic heterocycles. The van der Waals surface area contributed by atoms with Crippen molar-refractivity contribution in [2.45, 2.75) is 0 Å². The molecule has 0 saturated carbocycles. The number of H-pyrrole nitrogens is 1. The van der Waals surface area contributed by atoms with Crippen molar-refractivity contribution in [1.82, 2.24) is 14.9 Å². The maximum absolute atomic E-state index is 5.43. The van der Waals surface area contributed by atoms with E-state index in [9.17, 15) is 0 Å². The van der Waals surface area contributed by atoms with Crippen LogP contribution in [0.1, 0.15) is 5.56 Å². The molecule has 3 aromatic rings. The number of methoxy groups -OCH3 is 3. The lowest BCUT2D eigenvalue weighted by atomic mass is 10.2. The van der Waals surface area contributed by atoms with E-state index in [-0.39, 0.29) is 0 Å². The first-order valence-corrected chi connectivity index (χ1v) is 9.05. The van der Waals surface area contributed by atoms with Gasteiger partial charge in [0, 0.05) is 21.7 Å². The monoisotopic (exact) mass is 448 g/mol. The molecule has 9 heteroatoms. The first kappa shape index (κ1) is 19.1. The van der Waals surface area contributed by atoms with Crippen LogP contribution in [0.25, 0.3) is 11.4 Å². The van der Waals surface area contributed by atoms with E-state index in [1.54, 1.807) is 44.4 Å². The average Bonchev–Trinajstić information content (AvgIpc) is 3.06. The van der Waals surface area contributed by atoms with Gasteiger partial charge in [0.1, 0.15) is 5.75 Å². The maximum Gasteiger partial charge on any atom is 0.216 e. The Bertz CT molecular complexity index is 1050. The highest BCUT2D eigenvalue weighted by Gasteiger charge is 2.13. The van der Waals surface area contributed by atoms with Gasteiger partial charge in [0.15, 0.2) is 17.3 Å². The van der Waals surface area contributed by atoms with Crippen LogP contribution in [-0.4, -0.2) is 42.4 Å². The molecule has 2 aromatic carbocycles. The summed E-state index contributed by atoms with van der Waals surface area (Å²) in [6.07, 6.45) is 1.63. The summed E-state index contributed by atoms with van der Waals surface area (Å²) in [5.74, 6) is 2.32. The minimum Gasteiger partial charge on any atom is -0.496 e. The van der Waals surface area contributed by atoms with Crippen molar-refractivity contribution in [2.24, 2.45) is 5.10 Å². The van der Waals surface area contributed by atoms with Crippen LogP contribution in [0, 0.1) is 4.77 Å². The molecule has 0 saturated heterocycles. The highest BCUT2D eigenvalue weighted by atomic mass is 79.9. The number of aromatic amines is 1. The highest BCUT2D eigenvalue weighted by Crippen LogP contribution is 2.34. The third-order valence-electron chi connectivity index (χ3n) is 3.81. The molecule has 1 aromatic heterocycles. The zero-order chi connectivity index (χ0) is 19.4. The second-order valence-corrected chi connectivity index (χ2v) is 6.58. The first-order chi connectivity index (χ1) is 13.1. The van der Waals surface area contributed by atoms with Crippen LogP contribution >= 0.6 is 28.1 Å². The quantitative estimate of drug-likeness (QED) is 0.449. The van der Waals surface area contributed by atoms with E-state index in [1.165, 1.54) is 0 Å². The minimum atomic E-state index is 0.372. The summed E-state index contributed by atoms with van der Waals surface area (Å²) in [5.41, 5.74) is 1.57. The molecule has 0 radical (unpaired) electrons. The van der Waals surface area contributed by atoms with E-state index in [4.69, 9.17) is 26.4 Å². The molecule has 0 aliphatic rings. The fourth-order valence-electron chi connectivity index (χ4n) is 2.49. The normalized spacial score (nSPS) is 11.0. The zero-order valence-corrected chi connectivity index (χ0v) is 17.3. The smallest absolute Gasteiger partial charge is 0.216 e. The van der Waals surface area contributed by atoms with E-state index in [1.807, 2.05) is 24.3 Å². The molecule has 0 fully saturated rings. The number of halogens is 1. The number of nitrogens with one attached hydrogen (secondary N) is 1. The van der Waals surface area contributed by atoms with Crippen LogP contribution in [0.15, 0.2) is 46.0 Å². The topological polar surface area (TPSA) is 73.7 Å². The summed E-state index contributed by atoms with van der Waals surface area (Å²) < 4.78 is 18.9. The molecule has 0 amide bonds. The SMILES string of the molecule is COc1cc(OC)c(OC)cc1C=Nn1c(-c2ccccc2Br)n[nH]c1=S. The van der Waals surface area contributed by atoms with E-state index >= 15 is 0 Å². The van der Waals surface area contributed by atoms with Gasteiger partial charge in [-0.15, -0.1) is 0 Å². The van der Waals surface area contributed by atoms with E-state index in [0.717, 1.165) is 10.0 Å². The summed E-state index contributed by atoms with van der Waals surface area (Å²) in [7, 11) is 4.72. The van der Waals surface area contributed by atoms with Crippen molar-refractivity contribution in [3.05, 3.63) is 51.2 Å². The highest BCUT2D eigenvalue weighted by molar-refractivity contribution is 9.10. The molecule has 0 bridgehead atoms. The molecule has 0 unspecified atom stereocenters. The standard InChI is InChI=1S/C18H17BrN4O3S/c1-24-14-9-16(26-3)15(25-2)8-11(14)10-20-23-17(21-22-18(23)27)12-6-4-5-7-13(12)19/h4-10H,1-3H3,(H,22,27). The molecule has 1 N–H and O–H groups in total. The van der Waals surface area contributed by atoms with Gasteiger partial charge in [-0.1, -0.05) is 28.1 Å². The average molecular weight is 449 g/mol. The number of rotatable bonds is 6. The zero-order valence-electron chi connectivity index (χ0n) is 14.9. The molecule has 0 spiro atoms. The van der Waals surface area contributed by atoms with Gasteiger partial charge < -0.3 is 14.2 Å². The molecule has 27 heavy (non-hydrogen) atoms. The van der Waals surface area contributed by atoms with Crippen molar-refractivity contribution < 1.29 is 14.2 Å². The third-order valence-corrected chi connectivity index (χ3v) is 4.77. The van der Waals surface area contributed by atoms with Crippen LogP contribution in [0.4, 0.5) is 0 Å². The molecular formula is C18H17BrN4O3S. The summed E-state index contributed by atoms with van der Waals surface area (Å²) in [4.78, 5) is 0. The van der Waals surface area contributed by atoms with Crippen molar-refractivity contribution in [3.63, 3.8) is 0 Å². The number of aromatic nitrogens is 3. The first-order valence-electron chi connectivity index (χ1n) is 7.85. The van der Waals surface area contributed by atoms with E-state index in [0.29, 0.717) is 33.4 Å². The van der Waals surface area contributed by atoms with Gasteiger partial charge in [-0.25, -0.2) is 5.10 Å². The lowest BCUT2D eigenvalue weighted by molar-refractivity contribution is 0.349. The van der Waals surface area contributed by atoms with Gasteiger partial charge in [0.2, 0.25) is 4.77 Å². The predicted molar refractivity (Wildman–Crippen MR) is 110 cm³/mol. The Morgan fingerprint density at radius 3 is 2.41 bits per heavy atom. The predicted octanol–water partition coefficient (Wildman–Crippen LogP) is 4.28. The molecule has 140 valence electrons. The molecule has 7 nitrogen and oxygen atoms in total. The van der Waals surface area contributed by atoms with Crippen molar-refractivity contribution in [2.75, 3.05) is 21.3 Å². The lowest BCUT2D eigenvalue weighted by Crippen LogP contribution is -1.99. The van der Waals surface area contributed by atoms with Crippen molar-refractivity contribution in [1.29, 1.82) is 0 Å². The summed E-state index contributed by atoms with van der Waals surface area (Å²) in [6, 6.07) is 11.2. The number of nitrogens with zero attached hydrogens (tertiary/aromatic N) is 3. The maximum atomic E-state index is 5.43. The van der Waals surface area contributed by atoms with Gasteiger partial charge in [-0.05, 0) is 30.4 Å². The summed E-state index contributed by atoms with van der Waals surface area (Å²) >= 11 is 8.85. The number of benzene rings is 2. The fourth-order valence-corrected chi connectivity index (χ4v) is 3.13. The second kappa shape index (κ2) is 8.36. The molecule has 0 atom stereocenters. The molecule has 1 heterocycles. The van der Waals surface area contributed by atoms with Crippen LogP contribution in [0.5, 0.6) is 17.2 Å². The second-order valence-electron chi connectivity index (χ2n) is 5.34. The van der Waals surface area contributed by atoms with Gasteiger partial charge >= 0.3 is 0 Å². The Labute approximate surface area is 169 Å². The van der Waals surface area contributed by atoms with E-state index in [2.05, 4.69) is 31.2 Å². The van der Waals surface area contributed by atoms with Gasteiger partial charge in [-0.3, -0.25) is 0 Å². The Morgan fingerprint density at radius 2 is 1.74 bits per heavy atom. The number of hydrogen-bond donors (Lipinski definition) is 1. The van der Waals surface area contributed by atoms with Crippen LogP contribution < -0.4 is 14.2 Å². The molecule has 3 rings (SSSR count). The van der Waals surface area contributed by atoms with Gasteiger partial charge in [0.05, 0.1) is 27.5 Å². The Kier molecular flexibility index (Phi) is 5.92. The van der Waals surface area contributed by atoms with Gasteiger partial charge in [0.25, 0.3) is 0 Å². The third kappa shape index (κ3) is 3.88. The Morgan fingerprint density at radius 1 is 1.07 bits per heavy atom. The fraction of sp³-hybridized carbons (Fsp3) is 0.167. The van der Waals surface area contributed by atoms with Crippen LogP contribution in [0.2, 0.25) is 0 Å². The largest absolute Gasteiger partial charge is 0.496 e.